The van der Waals surface area contributed by atoms with Crippen LogP contribution in [0.15, 0.2) is 6.33 Å². The van der Waals surface area contributed by atoms with Crippen LogP contribution in [0.1, 0.15) is 0 Å². The molecule has 0 aromatic carbocycles. The van der Waals surface area contributed by atoms with Crippen molar-refractivity contribution in [2.24, 2.45) is 0 Å². The van der Waals surface area contributed by atoms with Crippen LogP contribution in [0, 0.1) is 17.8 Å². The van der Waals surface area contributed by atoms with Gasteiger partial charge in [0.1, 0.15) is 6.33 Å². The summed E-state index contributed by atoms with van der Waals surface area (Å²) >= 11 is 0. The van der Waals surface area contributed by atoms with E-state index in [0.29, 0.717) is 0 Å². The predicted molar refractivity (Wildman–Crippen MR) is 19.9 cm³/mol. The van der Waals surface area contributed by atoms with Crippen LogP contribution in [-0.2, 0) is 0 Å². The first-order valence-corrected chi connectivity index (χ1v) is 1.61. The molecule has 0 amide bonds. The molecule has 1 aromatic rings. The van der Waals surface area contributed by atoms with Gasteiger partial charge in [-0.3, -0.25) is 0 Å². The van der Waals surface area contributed by atoms with Gasteiger partial charge in [-0.15, -0.1) is 5.10 Å². The van der Waals surface area contributed by atoms with E-state index in [0.717, 1.165) is 4.68 Å². The molecule has 0 N–H and O–H groups in total. The van der Waals surface area contributed by atoms with Gasteiger partial charge in [-0.05, 0) is 0 Å². The normalized spacial score (nSPS) is 7.86. The highest BCUT2D eigenvalue weighted by Crippen LogP contribution is 1.67. The zero-order valence-electron chi connectivity index (χ0n) is 3.37. The molecule has 0 saturated carbocycles. The average molecular weight is 93.1 g/mol. The molecule has 33 valence electrons. The third-order valence-electron chi connectivity index (χ3n) is 0.480. The van der Waals surface area contributed by atoms with E-state index in [2.05, 4.69) is 16.4 Å². The number of nitrogens with zero attached hydrogens (tertiary/aromatic N) is 4. The molecule has 0 bridgehead atoms. The van der Waals surface area contributed by atoms with E-state index < -0.39 is 0 Å². The Morgan fingerprint density at radius 2 is 2.71 bits per heavy atom. The molecule has 1 radical (unpaired) electrons. The van der Waals surface area contributed by atoms with Crippen molar-refractivity contribution in [3.63, 3.8) is 0 Å². The van der Waals surface area contributed by atoms with E-state index >= 15 is 0 Å². The summed E-state index contributed by atoms with van der Waals surface area (Å²) in [5.74, 6) is 0. The summed E-state index contributed by atoms with van der Waals surface area (Å²) < 4.78 is 1.01. The quantitative estimate of drug-likeness (QED) is 0.430. The van der Waals surface area contributed by atoms with Gasteiger partial charge in [0.05, 0.1) is 0 Å². The second kappa shape index (κ2) is 1.39. The smallest absolute Gasteiger partial charge is 0.211 e. The first-order valence-electron chi connectivity index (χ1n) is 1.61. The lowest BCUT2D eigenvalue weighted by Gasteiger charge is -1.69. The van der Waals surface area contributed by atoms with Crippen molar-refractivity contribution < 1.29 is 0 Å². The molecule has 0 aliphatic rings. The Kier molecular flexibility index (Phi) is 0.755. The fourth-order valence-electron chi connectivity index (χ4n) is 0.229. The lowest BCUT2D eigenvalue weighted by atomic mass is 11.2. The molecule has 0 aliphatic carbocycles. The van der Waals surface area contributed by atoms with Crippen molar-refractivity contribution in [1.29, 1.82) is 5.26 Å². The first-order chi connectivity index (χ1) is 3.43. The molecule has 1 rings (SSSR count). The minimum Gasteiger partial charge on any atom is -0.211 e. The second-order valence-corrected chi connectivity index (χ2v) is 0.889. The molecule has 4 nitrogen and oxygen atoms in total. The highest BCUT2D eigenvalue weighted by molar-refractivity contribution is 4.72. The lowest BCUT2D eigenvalue weighted by Crippen LogP contribution is -1.84. The van der Waals surface area contributed by atoms with E-state index in [-0.39, 0.29) is 0 Å². The molecule has 0 atom stereocenters. The number of hydrogen-bond acceptors (Lipinski definition) is 3. The van der Waals surface area contributed by atoms with Crippen molar-refractivity contribution in [3.05, 3.63) is 12.7 Å². The minimum atomic E-state index is 1.01. The summed E-state index contributed by atoms with van der Waals surface area (Å²) in [6.07, 6.45) is 5.22. The lowest BCUT2D eigenvalue weighted by molar-refractivity contribution is 0.893. The van der Waals surface area contributed by atoms with Crippen molar-refractivity contribution in [3.8, 4) is 6.19 Å². The predicted octanol–water partition coefficient (Wildman–Crippen LogP) is -0.593. The summed E-state index contributed by atoms with van der Waals surface area (Å²) in [4.78, 5) is 3.40. The van der Waals surface area contributed by atoms with Crippen molar-refractivity contribution in [2.45, 2.75) is 0 Å². The SMILES string of the molecule is N#Cn1cn[c]n1. The number of aromatic nitrogens is 3. The maximum Gasteiger partial charge on any atom is 0.222 e. The minimum absolute atomic E-state index is 1.01. The van der Waals surface area contributed by atoms with Crippen molar-refractivity contribution in [2.75, 3.05) is 0 Å². The Labute approximate surface area is 40.0 Å². The maximum atomic E-state index is 8.02. The highest BCUT2D eigenvalue weighted by atomic mass is 15.3. The van der Waals surface area contributed by atoms with Gasteiger partial charge in [0.15, 0.2) is 0 Å². The van der Waals surface area contributed by atoms with Crippen LogP contribution >= 0.6 is 0 Å². The molecule has 1 heterocycles. The Morgan fingerprint density at radius 1 is 1.86 bits per heavy atom. The van der Waals surface area contributed by atoms with Crippen LogP contribution in [0.25, 0.3) is 0 Å². The van der Waals surface area contributed by atoms with Gasteiger partial charge in [0.2, 0.25) is 12.5 Å². The Morgan fingerprint density at radius 3 is 3.00 bits per heavy atom. The highest BCUT2D eigenvalue weighted by Gasteiger charge is 1.79. The van der Waals surface area contributed by atoms with Crippen molar-refractivity contribution >= 4 is 0 Å². The third-order valence-corrected chi connectivity index (χ3v) is 0.480. The number of nitriles is 1. The van der Waals surface area contributed by atoms with E-state index in [1.807, 2.05) is 0 Å². The van der Waals surface area contributed by atoms with Gasteiger partial charge in [-0.25, -0.2) is 4.98 Å². The van der Waals surface area contributed by atoms with Gasteiger partial charge in [0.25, 0.3) is 0 Å². The van der Waals surface area contributed by atoms with Crippen molar-refractivity contribution in [1.82, 2.24) is 14.8 Å². The van der Waals surface area contributed by atoms with Gasteiger partial charge >= 0.3 is 0 Å². The zero-order chi connectivity index (χ0) is 5.11. The van der Waals surface area contributed by atoms with Crippen LogP contribution in [0.5, 0.6) is 0 Å². The van der Waals surface area contributed by atoms with E-state index in [1.54, 1.807) is 6.19 Å². The van der Waals surface area contributed by atoms with E-state index in [1.165, 1.54) is 6.33 Å². The molecule has 1 aromatic heterocycles. The fraction of sp³-hybridized carbons (Fsp3) is 0. The van der Waals surface area contributed by atoms with Crippen LogP contribution in [0.2, 0.25) is 0 Å². The average Bonchev–Trinajstić information content (AvgIpc) is 2.14. The van der Waals surface area contributed by atoms with Crippen LogP contribution in [0.3, 0.4) is 0 Å². The molecule has 0 aliphatic heterocycles. The molecular formula is C3HN4. The molecule has 0 saturated heterocycles. The number of rotatable bonds is 0. The van der Waals surface area contributed by atoms with E-state index in [9.17, 15) is 0 Å². The van der Waals surface area contributed by atoms with Crippen LogP contribution in [-0.4, -0.2) is 14.8 Å². The largest absolute Gasteiger partial charge is 0.222 e. The summed E-state index contributed by atoms with van der Waals surface area (Å²) in [6.45, 7) is 0. The van der Waals surface area contributed by atoms with Gasteiger partial charge in [-0.2, -0.15) is 9.94 Å². The zero-order valence-corrected chi connectivity index (χ0v) is 3.37. The van der Waals surface area contributed by atoms with Gasteiger partial charge in [-0.1, -0.05) is 0 Å². The topological polar surface area (TPSA) is 54.5 Å². The summed E-state index contributed by atoms with van der Waals surface area (Å²) in [5.41, 5.74) is 0. The second-order valence-electron chi connectivity index (χ2n) is 0.889. The maximum absolute atomic E-state index is 8.02. The van der Waals surface area contributed by atoms with Gasteiger partial charge < -0.3 is 0 Å². The van der Waals surface area contributed by atoms with Gasteiger partial charge in [0, 0.05) is 0 Å². The van der Waals surface area contributed by atoms with Crippen LogP contribution in [0.4, 0.5) is 0 Å². The van der Waals surface area contributed by atoms with E-state index in [4.69, 9.17) is 5.26 Å². The molecular weight excluding hydrogens is 92.1 g/mol. The first kappa shape index (κ1) is 3.81. The molecule has 0 unspecified atom stereocenters. The molecule has 0 fully saturated rings. The standard InChI is InChI=1S/C3HN4/c4-1-7-3-5-2-6-7/h3H. The Hall–Kier alpha value is -1.37. The summed E-state index contributed by atoms with van der Waals surface area (Å²) in [5, 5.41) is 11.4. The third kappa shape index (κ3) is 0.550. The molecule has 0 spiro atoms. The Balaban J connectivity index is 3.04. The Bertz CT molecular complexity index is 169. The monoisotopic (exact) mass is 93.0 g/mol. The summed E-state index contributed by atoms with van der Waals surface area (Å²) in [7, 11) is 0. The number of hydrogen-bond donors (Lipinski definition) is 0. The molecule has 7 heavy (non-hydrogen) atoms. The fourth-order valence-corrected chi connectivity index (χ4v) is 0.229. The molecule has 4 heteroatoms. The summed E-state index contributed by atoms with van der Waals surface area (Å²) in [6, 6.07) is 0. The van der Waals surface area contributed by atoms with Crippen LogP contribution < -0.4 is 0 Å².